The van der Waals surface area contributed by atoms with Crippen molar-refractivity contribution in [2.75, 3.05) is 0 Å². The van der Waals surface area contributed by atoms with Crippen LogP contribution in [0.25, 0.3) is 10.2 Å². The summed E-state index contributed by atoms with van der Waals surface area (Å²) in [6.07, 6.45) is 1.79. The van der Waals surface area contributed by atoms with E-state index in [0.717, 1.165) is 16.0 Å². The highest BCUT2D eigenvalue weighted by Gasteiger charge is 2.14. The van der Waals surface area contributed by atoms with E-state index in [4.69, 9.17) is 4.74 Å². The molecule has 0 unspecified atom stereocenters. The molecular formula is C11H13NOS. The van der Waals surface area contributed by atoms with Crippen LogP contribution >= 0.6 is 11.3 Å². The van der Waals surface area contributed by atoms with Gasteiger partial charge < -0.3 is 4.74 Å². The molecule has 0 bridgehead atoms. The molecule has 0 fully saturated rings. The molecule has 2 heterocycles. The van der Waals surface area contributed by atoms with Crippen LogP contribution in [0.3, 0.4) is 0 Å². The van der Waals surface area contributed by atoms with Crippen molar-refractivity contribution in [1.29, 1.82) is 0 Å². The lowest BCUT2D eigenvalue weighted by atomic mass is 10.2. The van der Waals surface area contributed by atoms with Crippen LogP contribution in [-0.4, -0.2) is 10.6 Å². The molecule has 2 aromatic rings. The molecular weight excluding hydrogens is 194 g/mol. The first-order valence-corrected chi connectivity index (χ1v) is 5.45. The zero-order valence-corrected chi connectivity index (χ0v) is 9.39. The first-order chi connectivity index (χ1) is 6.56. The van der Waals surface area contributed by atoms with Gasteiger partial charge in [0.25, 0.3) is 0 Å². The topological polar surface area (TPSA) is 22.1 Å². The first kappa shape index (κ1) is 9.46. The summed E-state index contributed by atoms with van der Waals surface area (Å²) in [6, 6.07) is 3.97. The van der Waals surface area contributed by atoms with Crippen LogP contribution in [-0.2, 0) is 0 Å². The molecule has 74 valence electrons. The lowest BCUT2D eigenvalue weighted by molar-refractivity contribution is 0.133. The van der Waals surface area contributed by atoms with E-state index in [1.165, 1.54) is 0 Å². The van der Waals surface area contributed by atoms with E-state index in [1.807, 2.05) is 38.3 Å². The molecule has 2 rings (SSSR count). The zero-order valence-electron chi connectivity index (χ0n) is 8.57. The number of rotatable bonds is 1. The fourth-order valence-electron chi connectivity index (χ4n) is 1.27. The summed E-state index contributed by atoms with van der Waals surface area (Å²) < 4.78 is 5.84. The first-order valence-electron chi connectivity index (χ1n) is 4.57. The minimum absolute atomic E-state index is 0.157. The fraction of sp³-hybridized carbons (Fsp3) is 0.364. The largest absolute Gasteiger partial charge is 0.487 e. The van der Waals surface area contributed by atoms with Crippen molar-refractivity contribution in [2.24, 2.45) is 0 Å². The van der Waals surface area contributed by atoms with E-state index in [9.17, 15) is 0 Å². The SMILES string of the molecule is CC(C)(C)Oc1ccnc2sccc12. The third-order valence-electron chi connectivity index (χ3n) is 1.74. The Balaban J connectivity index is 2.46. The van der Waals surface area contributed by atoms with E-state index in [1.54, 1.807) is 17.5 Å². The second kappa shape index (κ2) is 3.24. The standard InChI is InChI=1S/C11H13NOS/c1-11(2,3)13-9-4-6-12-10-8(9)5-7-14-10/h4-7H,1-3H3. The van der Waals surface area contributed by atoms with Crippen LogP contribution in [0.15, 0.2) is 23.7 Å². The van der Waals surface area contributed by atoms with Gasteiger partial charge in [0.2, 0.25) is 0 Å². The second-order valence-electron chi connectivity index (χ2n) is 4.16. The Morgan fingerprint density at radius 2 is 2.07 bits per heavy atom. The quantitative estimate of drug-likeness (QED) is 0.714. The number of hydrogen-bond donors (Lipinski definition) is 0. The van der Waals surface area contributed by atoms with Crippen molar-refractivity contribution >= 4 is 21.6 Å². The predicted octanol–water partition coefficient (Wildman–Crippen LogP) is 3.47. The van der Waals surface area contributed by atoms with Gasteiger partial charge in [-0.05, 0) is 38.3 Å². The van der Waals surface area contributed by atoms with Crippen LogP contribution in [0.2, 0.25) is 0 Å². The van der Waals surface area contributed by atoms with Gasteiger partial charge in [0.15, 0.2) is 0 Å². The summed E-state index contributed by atoms with van der Waals surface area (Å²) in [6.45, 7) is 6.14. The van der Waals surface area contributed by atoms with Gasteiger partial charge in [-0.25, -0.2) is 4.98 Å². The molecule has 0 aliphatic heterocycles. The number of pyridine rings is 1. The summed E-state index contributed by atoms with van der Waals surface area (Å²) in [5, 5.41) is 3.14. The molecule has 2 nitrogen and oxygen atoms in total. The van der Waals surface area contributed by atoms with Crippen molar-refractivity contribution in [3.05, 3.63) is 23.7 Å². The van der Waals surface area contributed by atoms with Gasteiger partial charge in [-0.2, -0.15) is 0 Å². The summed E-state index contributed by atoms with van der Waals surface area (Å²) >= 11 is 1.64. The maximum Gasteiger partial charge on any atom is 0.131 e. The Bertz CT molecular complexity index is 442. The Morgan fingerprint density at radius 1 is 1.29 bits per heavy atom. The van der Waals surface area contributed by atoms with Gasteiger partial charge in [0.1, 0.15) is 16.2 Å². The molecule has 0 atom stereocenters. The van der Waals surface area contributed by atoms with E-state index < -0.39 is 0 Å². The summed E-state index contributed by atoms with van der Waals surface area (Å²) in [4.78, 5) is 5.30. The van der Waals surface area contributed by atoms with E-state index in [-0.39, 0.29) is 5.60 Å². The molecule has 14 heavy (non-hydrogen) atoms. The molecule has 0 aliphatic rings. The number of fused-ring (bicyclic) bond motifs is 1. The van der Waals surface area contributed by atoms with Crippen LogP contribution in [0.5, 0.6) is 5.75 Å². The van der Waals surface area contributed by atoms with Gasteiger partial charge in [0, 0.05) is 6.20 Å². The number of thiophene rings is 1. The molecule has 3 heteroatoms. The molecule has 0 N–H and O–H groups in total. The molecule has 0 spiro atoms. The minimum atomic E-state index is -0.157. The fourth-order valence-corrected chi connectivity index (χ4v) is 2.02. The molecule has 0 saturated heterocycles. The lowest BCUT2D eigenvalue weighted by Gasteiger charge is -2.21. The van der Waals surface area contributed by atoms with Crippen LogP contribution < -0.4 is 4.74 Å². The Kier molecular flexibility index (Phi) is 2.19. The molecule has 0 aliphatic carbocycles. The smallest absolute Gasteiger partial charge is 0.131 e. The number of hydrogen-bond acceptors (Lipinski definition) is 3. The van der Waals surface area contributed by atoms with Crippen molar-refractivity contribution in [1.82, 2.24) is 4.98 Å². The van der Waals surface area contributed by atoms with Gasteiger partial charge in [0.05, 0.1) is 5.39 Å². The van der Waals surface area contributed by atoms with Crippen molar-refractivity contribution in [2.45, 2.75) is 26.4 Å². The maximum atomic E-state index is 5.84. The average Bonchev–Trinajstić information content (AvgIpc) is 2.49. The number of nitrogens with zero attached hydrogens (tertiary/aromatic N) is 1. The van der Waals surface area contributed by atoms with Gasteiger partial charge in [-0.3, -0.25) is 0 Å². The highest BCUT2D eigenvalue weighted by atomic mass is 32.1. The van der Waals surface area contributed by atoms with E-state index in [0.29, 0.717) is 0 Å². The van der Waals surface area contributed by atoms with Crippen LogP contribution in [0.4, 0.5) is 0 Å². The summed E-state index contributed by atoms with van der Waals surface area (Å²) in [5.41, 5.74) is -0.157. The van der Waals surface area contributed by atoms with Crippen LogP contribution in [0, 0.1) is 0 Å². The molecule has 0 amide bonds. The Morgan fingerprint density at radius 3 is 2.79 bits per heavy atom. The van der Waals surface area contributed by atoms with Gasteiger partial charge in [-0.15, -0.1) is 11.3 Å². The van der Waals surface area contributed by atoms with Gasteiger partial charge in [-0.1, -0.05) is 0 Å². The highest BCUT2D eigenvalue weighted by Crippen LogP contribution is 2.29. The van der Waals surface area contributed by atoms with Crippen molar-refractivity contribution in [3.63, 3.8) is 0 Å². The third-order valence-corrected chi connectivity index (χ3v) is 2.56. The summed E-state index contributed by atoms with van der Waals surface area (Å²) in [7, 11) is 0. The normalized spacial score (nSPS) is 11.9. The monoisotopic (exact) mass is 207 g/mol. The van der Waals surface area contributed by atoms with Crippen LogP contribution in [0.1, 0.15) is 20.8 Å². The molecule has 0 saturated carbocycles. The van der Waals surface area contributed by atoms with E-state index in [2.05, 4.69) is 4.98 Å². The van der Waals surface area contributed by atoms with Gasteiger partial charge >= 0.3 is 0 Å². The average molecular weight is 207 g/mol. The zero-order chi connectivity index (χ0) is 10.2. The van der Waals surface area contributed by atoms with Crippen molar-refractivity contribution in [3.8, 4) is 5.75 Å². The predicted molar refractivity (Wildman–Crippen MR) is 60.0 cm³/mol. The third kappa shape index (κ3) is 1.87. The number of aromatic nitrogens is 1. The minimum Gasteiger partial charge on any atom is -0.487 e. The Labute approximate surface area is 87.5 Å². The maximum absolute atomic E-state index is 5.84. The lowest BCUT2D eigenvalue weighted by Crippen LogP contribution is -2.23. The molecule has 0 aromatic carbocycles. The highest BCUT2D eigenvalue weighted by molar-refractivity contribution is 7.16. The Hall–Kier alpha value is -1.09. The summed E-state index contributed by atoms with van der Waals surface area (Å²) in [5.74, 6) is 0.920. The molecule has 2 aromatic heterocycles. The van der Waals surface area contributed by atoms with Crippen molar-refractivity contribution < 1.29 is 4.74 Å². The molecule has 0 radical (unpaired) electrons. The number of ether oxygens (including phenoxy) is 1. The second-order valence-corrected chi connectivity index (χ2v) is 5.06. The van der Waals surface area contributed by atoms with E-state index >= 15 is 0 Å².